The molecule has 2 aliphatic rings. The Morgan fingerprint density at radius 2 is 1.70 bits per heavy atom. The molecule has 19 heteroatoms. The number of halogens is 7. The van der Waals surface area contributed by atoms with Gasteiger partial charge in [-0.15, -0.1) is 0 Å². The molecule has 1 unspecified atom stereocenters. The van der Waals surface area contributed by atoms with Crippen molar-refractivity contribution in [1.29, 1.82) is 0 Å². The van der Waals surface area contributed by atoms with Crippen LogP contribution < -0.4 is 5.32 Å². The van der Waals surface area contributed by atoms with Crippen molar-refractivity contribution in [2.75, 3.05) is 31.5 Å². The molecule has 2 fully saturated rings. The summed E-state index contributed by atoms with van der Waals surface area (Å²) in [7, 11) is -5.03. The smallest absolute Gasteiger partial charge is 0.387 e. The Kier molecular flexibility index (Phi) is 9.56. The van der Waals surface area contributed by atoms with Gasteiger partial charge in [0.2, 0.25) is 5.28 Å². The Labute approximate surface area is 228 Å². The van der Waals surface area contributed by atoms with Crippen molar-refractivity contribution in [2.24, 2.45) is 0 Å². The molecule has 0 aromatic carbocycles. The second-order valence-electron chi connectivity index (χ2n) is 9.36. The molecule has 1 saturated carbocycles. The number of nitrogens with one attached hydrogen (secondary N) is 1. The SMILES string of the molecule is O=P(COCC1O[C@@H](n2ccc3c(NC4CCCC4)nc(Cl)nc32)[C@H](O)[C@@H]1O)(OCC(F)(F)F)OCC(F)(F)F. The molecule has 3 N–H and O–H groups in total. The Balaban J connectivity index is 1.43. The number of ether oxygens (including phenoxy) is 2. The van der Waals surface area contributed by atoms with E-state index in [4.69, 9.17) is 21.1 Å². The summed E-state index contributed by atoms with van der Waals surface area (Å²) in [6.45, 7) is -4.97. The first-order valence-corrected chi connectivity index (χ1v) is 14.2. The van der Waals surface area contributed by atoms with Gasteiger partial charge >= 0.3 is 19.9 Å². The van der Waals surface area contributed by atoms with Crippen molar-refractivity contribution in [2.45, 2.75) is 68.6 Å². The molecule has 3 heterocycles. The van der Waals surface area contributed by atoms with E-state index < -0.39 is 70.7 Å². The zero-order chi connectivity index (χ0) is 29.3. The van der Waals surface area contributed by atoms with E-state index in [2.05, 4.69) is 24.3 Å². The minimum Gasteiger partial charge on any atom is -0.387 e. The molecular formula is C21H26ClF6N4O7P. The van der Waals surface area contributed by atoms with Crippen LogP contribution in [0.5, 0.6) is 0 Å². The van der Waals surface area contributed by atoms with Crippen molar-refractivity contribution in [3.05, 3.63) is 17.5 Å². The molecule has 40 heavy (non-hydrogen) atoms. The fraction of sp³-hybridized carbons (Fsp3) is 0.714. The van der Waals surface area contributed by atoms with Gasteiger partial charge in [-0.25, -0.2) is 4.98 Å². The van der Waals surface area contributed by atoms with Crippen molar-refractivity contribution in [1.82, 2.24) is 14.5 Å². The summed E-state index contributed by atoms with van der Waals surface area (Å²) in [5.74, 6) is 0.474. The number of hydrogen-bond acceptors (Lipinski definition) is 10. The number of aromatic nitrogens is 3. The fourth-order valence-electron chi connectivity index (χ4n) is 4.42. The maximum Gasteiger partial charge on any atom is 0.412 e. The van der Waals surface area contributed by atoms with E-state index in [1.54, 1.807) is 6.07 Å². The van der Waals surface area contributed by atoms with Crippen LogP contribution in [0.25, 0.3) is 11.0 Å². The fourth-order valence-corrected chi connectivity index (χ4v) is 5.82. The number of anilines is 1. The van der Waals surface area contributed by atoms with Gasteiger partial charge in [0.1, 0.15) is 36.1 Å². The summed E-state index contributed by atoms with van der Waals surface area (Å²) < 4.78 is 108. The summed E-state index contributed by atoms with van der Waals surface area (Å²) in [4.78, 5) is 8.44. The van der Waals surface area contributed by atoms with Crippen molar-refractivity contribution < 1.29 is 59.6 Å². The van der Waals surface area contributed by atoms with Gasteiger partial charge in [-0.3, -0.25) is 13.6 Å². The summed E-state index contributed by atoms with van der Waals surface area (Å²) in [5.41, 5.74) is 0.268. The first-order valence-electron chi connectivity index (χ1n) is 12.1. The number of aliphatic hydroxyl groups is 2. The highest BCUT2D eigenvalue weighted by molar-refractivity contribution is 7.53. The van der Waals surface area contributed by atoms with Gasteiger partial charge in [-0.2, -0.15) is 31.3 Å². The van der Waals surface area contributed by atoms with E-state index >= 15 is 0 Å². The summed E-state index contributed by atoms with van der Waals surface area (Å²) in [6.07, 6.45) is -11.5. The zero-order valence-electron chi connectivity index (χ0n) is 20.6. The van der Waals surface area contributed by atoms with E-state index in [1.165, 1.54) is 10.8 Å². The largest absolute Gasteiger partial charge is 0.412 e. The van der Waals surface area contributed by atoms with E-state index in [9.17, 15) is 41.1 Å². The van der Waals surface area contributed by atoms with Gasteiger partial charge in [-0.1, -0.05) is 12.8 Å². The normalized spacial score (nSPS) is 24.8. The topological polar surface area (TPSA) is 137 Å². The first-order chi connectivity index (χ1) is 18.6. The molecule has 1 aliphatic carbocycles. The van der Waals surface area contributed by atoms with Gasteiger partial charge < -0.3 is 29.6 Å². The average molecular weight is 627 g/mol. The maximum atomic E-state index is 12.5. The molecule has 0 radical (unpaired) electrons. The Morgan fingerprint density at radius 3 is 2.30 bits per heavy atom. The van der Waals surface area contributed by atoms with E-state index in [-0.39, 0.29) is 17.0 Å². The Hall–Kier alpha value is -1.72. The molecule has 2 aromatic heterocycles. The number of hydrogen-bond donors (Lipinski definition) is 3. The van der Waals surface area contributed by atoms with Crippen LogP contribution in [0.4, 0.5) is 32.2 Å². The lowest BCUT2D eigenvalue weighted by Gasteiger charge is -2.21. The van der Waals surface area contributed by atoms with Gasteiger partial charge in [0.05, 0.1) is 12.0 Å². The second kappa shape index (κ2) is 12.3. The quantitative estimate of drug-likeness (QED) is 0.187. The maximum absolute atomic E-state index is 12.5. The van der Waals surface area contributed by atoms with Gasteiger partial charge in [-0.05, 0) is 30.5 Å². The molecule has 4 atom stereocenters. The van der Waals surface area contributed by atoms with E-state index in [0.29, 0.717) is 11.2 Å². The molecular weight excluding hydrogens is 601 g/mol. The molecule has 1 saturated heterocycles. The van der Waals surface area contributed by atoms with Crippen LogP contribution in [0.3, 0.4) is 0 Å². The molecule has 1 aliphatic heterocycles. The van der Waals surface area contributed by atoms with Crippen LogP contribution in [0.15, 0.2) is 12.3 Å². The van der Waals surface area contributed by atoms with Crippen LogP contribution in [-0.4, -0.2) is 87.6 Å². The Bertz CT molecular complexity index is 1190. The lowest BCUT2D eigenvalue weighted by atomic mass is 10.1. The average Bonchev–Trinajstić information content (AvgIpc) is 3.57. The van der Waals surface area contributed by atoms with E-state index in [0.717, 1.165) is 25.7 Å². The summed E-state index contributed by atoms with van der Waals surface area (Å²) in [6, 6.07) is 1.85. The molecule has 226 valence electrons. The lowest BCUT2D eigenvalue weighted by Crippen LogP contribution is -2.34. The molecule has 0 bridgehead atoms. The van der Waals surface area contributed by atoms with Gasteiger partial charge in [0.15, 0.2) is 19.4 Å². The second-order valence-corrected chi connectivity index (χ2v) is 11.7. The predicted molar refractivity (Wildman–Crippen MR) is 127 cm³/mol. The monoisotopic (exact) mass is 626 g/mol. The lowest BCUT2D eigenvalue weighted by molar-refractivity contribution is -0.166. The van der Waals surface area contributed by atoms with E-state index in [1.807, 2.05) is 0 Å². The number of rotatable bonds is 11. The van der Waals surface area contributed by atoms with Crippen molar-refractivity contribution >= 4 is 36.0 Å². The number of aliphatic hydroxyl groups excluding tert-OH is 2. The highest BCUT2D eigenvalue weighted by atomic mass is 35.5. The molecule has 0 spiro atoms. The third kappa shape index (κ3) is 7.97. The first kappa shape index (κ1) is 31.2. The van der Waals surface area contributed by atoms with Crippen LogP contribution in [0.2, 0.25) is 5.28 Å². The summed E-state index contributed by atoms with van der Waals surface area (Å²) >= 11 is 6.12. The van der Waals surface area contributed by atoms with Gasteiger partial charge in [0, 0.05) is 12.2 Å². The summed E-state index contributed by atoms with van der Waals surface area (Å²) in [5, 5.41) is 24.9. The minimum atomic E-state index is -5.03. The molecule has 4 rings (SSSR count). The molecule has 2 aromatic rings. The van der Waals surface area contributed by atoms with Crippen LogP contribution in [-0.2, 0) is 23.1 Å². The third-order valence-electron chi connectivity index (χ3n) is 6.23. The van der Waals surface area contributed by atoms with Gasteiger partial charge in [0.25, 0.3) is 0 Å². The molecule has 11 nitrogen and oxygen atoms in total. The van der Waals surface area contributed by atoms with Crippen LogP contribution >= 0.6 is 19.2 Å². The third-order valence-corrected chi connectivity index (χ3v) is 7.95. The number of fused-ring (bicyclic) bond motifs is 1. The number of alkyl halides is 6. The minimum absolute atomic E-state index is 0.0886. The standard InChI is InChI=1S/C21H26ClF6N4O7P/c22-19-30-16(29-11-3-1-2-4-11)12-5-6-32(17(12)31-19)18-15(34)14(33)13(39-18)7-36-10-40(35,37-8-20(23,24)25)38-9-21(26,27)28/h5-6,11,13-15,18,33-34H,1-4,7-10H2,(H,29,30,31)/t13?,14-,15-,18-/m1/s1. The zero-order valence-corrected chi connectivity index (χ0v) is 22.2. The van der Waals surface area contributed by atoms with Crippen molar-refractivity contribution in [3.63, 3.8) is 0 Å². The highest BCUT2D eigenvalue weighted by Gasteiger charge is 2.45. The number of nitrogens with zero attached hydrogens (tertiary/aromatic N) is 3. The van der Waals surface area contributed by atoms with Crippen LogP contribution in [0.1, 0.15) is 31.9 Å². The predicted octanol–water partition coefficient (Wildman–Crippen LogP) is 4.38. The highest BCUT2D eigenvalue weighted by Crippen LogP contribution is 2.50. The Morgan fingerprint density at radius 1 is 1.07 bits per heavy atom. The van der Waals surface area contributed by atoms with Crippen molar-refractivity contribution in [3.8, 4) is 0 Å². The van der Waals surface area contributed by atoms with Crippen LogP contribution in [0, 0.1) is 0 Å². The molecule has 0 amide bonds.